The maximum Gasteiger partial charge on any atom is -0.00203 e. The molecule has 1 rings (SSSR count). The molecule has 0 amide bonds. The van der Waals surface area contributed by atoms with E-state index in [-0.39, 0.29) is 0 Å². The zero-order valence-corrected chi connectivity index (χ0v) is 9.36. The van der Waals surface area contributed by atoms with E-state index in [0.29, 0.717) is 0 Å². The van der Waals surface area contributed by atoms with Gasteiger partial charge in [-0.2, -0.15) is 11.3 Å². The fourth-order valence-electron chi connectivity index (χ4n) is 1.72. The normalized spacial score (nSPS) is 13.1. The summed E-state index contributed by atoms with van der Waals surface area (Å²) in [4.78, 5) is 0. The molecular formula is C11H19NS. The van der Waals surface area contributed by atoms with Gasteiger partial charge >= 0.3 is 0 Å². The third-order valence-corrected chi connectivity index (χ3v) is 3.03. The molecule has 0 saturated carbocycles. The minimum atomic E-state index is 0.810. The van der Waals surface area contributed by atoms with E-state index in [2.05, 4.69) is 29.1 Å². The van der Waals surface area contributed by atoms with Crippen LogP contribution in [0, 0.1) is 5.92 Å². The van der Waals surface area contributed by atoms with Crippen molar-refractivity contribution in [3.8, 4) is 0 Å². The van der Waals surface area contributed by atoms with E-state index in [9.17, 15) is 0 Å². The molecule has 0 bridgehead atoms. The van der Waals surface area contributed by atoms with Gasteiger partial charge in [-0.25, -0.2) is 0 Å². The van der Waals surface area contributed by atoms with Crippen molar-refractivity contribution in [3.05, 3.63) is 22.4 Å². The highest BCUT2D eigenvalue weighted by Crippen LogP contribution is 2.15. The molecule has 0 aromatic carbocycles. The second-order valence-corrected chi connectivity index (χ2v) is 4.33. The van der Waals surface area contributed by atoms with E-state index in [0.717, 1.165) is 12.5 Å². The average Bonchev–Trinajstić information content (AvgIpc) is 2.58. The highest BCUT2D eigenvalue weighted by Gasteiger charge is 2.07. The molecule has 0 saturated heterocycles. The van der Waals surface area contributed by atoms with Gasteiger partial charge in [-0.15, -0.1) is 0 Å². The molecule has 1 aromatic rings. The van der Waals surface area contributed by atoms with Crippen LogP contribution in [0.4, 0.5) is 0 Å². The second kappa shape index (κ2) is 6.17. The van der Waals surface area contributed by atoms with Gasteiger partial charge in [0.05, 0.1) is 0 Å². The van der Waals surface area contributed by atoms with Crippen LogP contribution in [0.25, 0.3) is 0 Å². The maximum absolute atomic E-state index is 3.27. The molecule has 0 aliphatic carbocycles. The smallest absolute Gasteiger partial charge is 0.00203 e. The lowest BCUT2D eigenvalue weighted by atomic mass is 9.96. The minimum Gasteiger partial charge on any atom is -0.319 e. The van der Waals surface area contributed by atoms with Crippen LogP contribution in [0.5, 0.6) is 0 Å². The lowest BCUT2D eigenvalue weighted by Gasteiger charge is -2.14. The molecule has 13 heavy (non-hydrogen) atoms. The van der Waals surface area contributed by atoms with Crippen molar-refractivity contribution in [2.75, 3.05) is 13.6 Å². The molecule has 0 fully saturated rings. The Morgan fingerprint density at radius 2 is 2.38 bits per heavy atom. The third kappa shape index (κ3) is 3.92. The zero-order chi connectivity index (χ0) is 9.52. The molecule has 1 heterocycles. The molecule has 0 radical (unpaired) electrons. The summed E-state index contributed by atoms with van der Waals surface area (Å²) >= 11 is 1.80. The monoisotopic (exact) mass is 197 g/mol. The summed E-state index contributed by atoms with van der Waals surface area (Å²) in [6.07, 6.45) is 3.85. The van der Waals surface area contributed by atoms with Gasteiger partial charge in [0.15, 0.2) is 0 Å². The summed E-state index contributed by atoms with van der Waals surface area (Å²) < 4.78 is 0. The lowest BCUT2D eigenvalue weighted by Crippen LogP contribution is -2.20. The maximum atomic E-state index is 3.27. The number of hydrogen-bond acceptors (Lipinski definition) is 2. The van der Waals surface area contributed by atoms with E-state index in [4.69, 9.17) is 0 Å². The number of thiophene rings is 1. The first-order valence-corrected chi connectivity index (χ1v) is 5.96. The van der Waals surface area contributed by atoms with Crippen LogP contribution >= 0.6 is 11.3 Å². The Balaban J connectivity index is 2.37. The quantitative estimate of drug-likeness (QED) is 0.739. The van der Waals surface area contributed by atoms with Crippen molar-refractivity contribution in [2.24, 2.45) is 5.92 Å². The molecule has 0 aliphatic heterocycles. The summed E-state index contributed by atoms with van der Waals surface area (Å²) in [6, 6.07) is 2.24. The standard InChI is InChI=1S/C11H19NS/c1-3-4-10(8-12-2)7-11-5-6-13-9-11/h5-6,9-10,12H,3-4,7-8H2,1-2H3. The van der Waals surface area contributed by atoms with Gasteiger partial charge in [0.2, 0.25) is 0 Å². The molecule has 1 aromatic heterocycles. The van der Waals surface area contributed by atoms with Crippen molar-refractivity contribution >= 4 is 11.3 Å². The average molecular weight is 197 g/mol. The number of rotatable bonds is 6. The Bertz CT molecular complexity index is 200. The highest BCUT2D eigenvalue weighted by atomic mass is 32.1. The third-order valence-electron chi connectivity index (χ3n) is 2.29. The summed E-state index contributed by atoms with van der Waals surface area (Å²) in [6.45, 7) is 3.40. The first-order chi connectivity index (χ1) is 6.36. The van der Waals surface area contributed by atoms with E-state index >= 15 is 0 Å². The molecule has 1 unspecified atom stereocenters. The van der Waals surface area contributed by atoms with Crippen LogP contribution < -0.4 is 5.32 Å². The first-order valence-electron chi connectivity index (χ1n) is 5.02. The lowest BCUT2D eigenvalue weighted by molar-refractivity contribution is 0.456. The van der Waals surface area contributed by atoms with E-state index in [1.165, 1.54) is 24.8 Å². The molecule has 1 N–H and O–H groups in total. The number of nitrogens with one attached hydrogen (secondary N) is 1. The predicted octanol–water partition coefficient (Wildman–Crippen LogP) is 2.93. The molecule has 0 aliphatic rings. The van der Waals surface area contributed by atoms with Crippen molar-refractivity contribution in [2.45, 2.75) is 26.2 Å². The Morgan fingerprint density at radius 3 is 2.92 bits per heavy atom. The van der Waals surface area contributed by atoms with E-state index < -0.39 is 0 Å². The van der Waals surface area contributed by atoms with Gasteiger partial charge in [0, 0.05) is 0 Å². The molecule has 0 spiro atoms. The second-order valence-electron chi connectivity index (χ2n) is 3.55. The van der Waals surface area contributed by atoms with Gasteiger partial charge in [0.1, 0.15) is 0 Å². The van der Waals surface area contributed by atoms with Crippen LogP contribution in [-0.4, -0.2) is 13.6 Å². The van der Waals surface area contributed by atoms with Crippen molar-refractivity contribution in [1.29, 1.82) is 0 Å². The molecule has 2 heteroatoms. The van der Waals surface area contributed by atoms with E-state index in [1.807, 2.05) is 7.05 Å². The molecule has 1 nitrogen and oxygen atoms in total. The van der Waals surface area contributed by atoms with Crippen LogP contribution in [0.15, 0.2) is 16.8 Å². The number of hydrogen-bond donors (Lipinski definition) is 1. The van der Waals surface area contributed by atoms with Crippen LogP contribution in [0.2, 0.25) is 0 Å². The van der Waals surface area contributed by atoms with Crippen molar-refractivity contribution < 1.29 is 0 Å². The Hall–Kier alpha value is -0.340. The Labute approximate surface area is 85.2 Å². The minimum absolute atomic E-state index is 0.810. The van der Waals surface area contributed by atoms with Crippen molar-refractivity contribution in [1.82, 2.24) is 5.32 Å². The summed E-state index contributed by atoms with van der Waals surface area (Å²) in [5.41, 5.74) is 1.50. The van der Waals surface area contributed by atoms with Crippen LogP contribution in [-0.2, 0) is 6.42 Å². The van der Waals surface area contributed by atoms with Crippen molar-refractivity contribution in [3.63, 3.8) is 0 Å². The van der Waals surface area contributed by atoms with Gasteiger partial charge in [-0.1, -0.05) is 13.3 Å². The van der Waals surface area contributed by atoms with Gasteiger partial charge < -0.3 is 5.32 Å². The van der Waals surface area contributed by atoms with Gasteiger partial charge in [-0.05, 0) is 54.7 Å². The first kappa shape index (κ1) is 10.7. The zero-order valence-electron chi connectivity index (χ0n) is 8.55. The SMILES string of the molecule is CCCC(CNC)Cc1ccsc1. The van der Waals surface area contributed by atoms with Crippen LogP contribution in [0.1, 0.15) is 25.3 Å². The molecule has 74 valence electrons. The summed E-state index contributed by atoms with van der Waals surface area (Å²) in [7, 11) is 2.04. The van der Waals surface area contributed by atoms with E-state index in [1.54, 1.807) is 11.3 Å². The molecule has 1 atom stereocenters. The summed E-state index contributed by atoms with van der Waals surface area (Å²) in [5.74, 6) is 0.810. The fraction of sp³-hybridized carbons (Fsp3) is 0.636. The largest absolute Gasteiger partial charge is 0.319 e. The topological polar surface area (TPSA) is 12.0 Å². The Morgan fingerprint density at radius 1 is 1.54 bits per heavy atom. The molecular weight excluding hydrogens is 178 g/mol. The van der Waals surface area contributed by atoms with Gasteiger partial charge in [-0.3, -0.25) is 0 Å². The van der Waals surface area contributed by atoms with Gasteiger partial charge in [0.25, 0.3) is 0 Å². The highest BCUT2D eigenvalue weighted by molar-refractivity contribution is 7.07. The predicted molar refractivity (Wildman–Crippen MR) is 60.3 cm³/mol. The fourth-order valence-corrected chi connectivity index (χ4v) is 2.40. The summed E-state index contributed by atoms with van der Waals surface area (Å²) in [5, 5.41) is 7.70. The Kier molecular flexibility index (Phi) is 5.09. The van der Waals surface area contributed by atoms with Crippen LogP contribution in [0.3, 0.4) is 0 Å².